The Hall–Kier alpha value is -1.28. The lowest BCUT2D eigenvalue weighted by Gasteiger charge is -2.37. The van der Waals surface area contributed by atoms with Crippen LogP contribution in [0.5, 0.6) is 0 Å². The molecule has 1 spiro atoms. The molecule has 1 aromatic rings. The fourth-order valence-corrected chi connectivity index (χ4v) is 2.39. The maximum Gasteiger partial charge on any atom is 0.0427 e. The summed E-state index contributed by atoms with van der Waals surface area (Å²) < 4.78 is 0. The highest BCUT2D eigenvalue weighted by Gasteiger charge is 2.46. The molecule has 0 radical (unpaired) electrons. The molecule has 1 saturated carbocycles. The van der Waals surface area contributed by atoms with Crippen LogP contribution in [-0.2, 0) is 6.54 Å². The molecular weight excluding hydrogens is 196 g/mol. The Bertz CT molecular complexity index is 392. The van der Waals surface area contributed by atoms with Gasteiger partial charge >= 0.3 is 0 Å². The summed E-state index contributed by atoms with van der Waals surface area (Å²) in [6, 6.07) is 10.7. The van der Waals surface area contributed by atoms with Gasteiger partial charge in [-0.1, -0.05) is 36.9 Å². The summed E-state index contributed by atoms with van der Waals surface area (Å²) >= 11 is 0. The normalized spacial score (nSPS) is 22.5. The first-order valence-electron chi connectivity index (χ1n) is 5.99. The van der Waals surface area contributed by atoms with Crippen molar-refractivity contribution < 1.29 is 0 Å². The lowest BCUT2D eigenvalue weighted by molar-refractivity contribution is 0.235. The number of hydrogen-bond acceptors (Lipinski definition) is 2. The largest absolute Gasteiger partial charge is 0.368 e. The number of nitrogens with zero attached hydrogens (tertiary/aromatic N) is 1. The van der Waals surface area contributed by atoms with Gasteiger partial charge in [-0.3, -0.25) is 0 Å². The number of piperazine rings is 1. The van der Waals surface area contributed by atoms with Gasteiger partial charge in [-0.15, -0.1) is 0 Å². The van der Waals surface area contributed by atoms with Gasteiger partial charge in [0.15, 0.2) is 0 Å². The second-order valence-corrected chi connectivity index (χ2v) is 5.04. The predicted octanol–water partition coefficient (Wildman–Crippen LogP) is 2.14. The van der Waals surface area contributed by atoms with Crippen molar-refractivity contribution in [3.05, 3.63) is 48.2 Å². The first kappa shape index (κ1) is 9.91. The summed E-state index contributed by atoms with van der Waals surface area (Å²) in [5.74, 6) is 0. The van der Waals surface area contributed by atoms with Gasteiger partial charge in [0.1, 0.15) is 0 Å². The molecule has 0 amide bonds. The topological polar surface area (TPSA) is 15.3 Å². The van der Waals surface area contributed by atoms with E-state index in [1.807, 2.05) is 0 Å². The van der Waals surface area contributed by atoms with Crippen LogP contribution in [0.25, 0.3) is 0 Å². The third-order valence-electron chi connectivity index (χ3n) is 3.68. The number of hydrogen-bond donors (Lipinski definition) is 1. The Morgan fingerprint density at radius 2 is 2.00 bits per heavy atom. The summed E-state index contributed by atoms with van der Waals surface area (Å²) in [7, 11) is 0. The average Bonchev–Trinajstić information content (AvgIpc) is 3.06. The van der Waals surface area contributed by atoms with E-state index < -0.39 is 0 Å². The van der Waals surface area contributed by atoms with E-state index in [0.717, 1.165) is 19.6 Å². The molecule has 1 N–H and O–H groups in total. The first-order valence-corrected chi connectivity index (χ1v) is 5.99. The van der Waals surface area contributed by atoms with Gasteiger partial charge in [0, 0.05) is 30.9 Å². The Balaban J connectivity index is 1.71. The van der Waals surface area contributed by atoms with Crippen molar-refractivity contribution in [3.8, 4) is 0 Å². The van der Waals surface area contributed by atoms with E-state index in [0.29, 0.717) is 5.54 Å². The van der Waals surface area contributed by atoms with Crippen LogP contribution in [0.2, 0.25) is 0 Å². The van der Waals surface area contributed by atoms with Gasteiger partial charge in [-0.25, -0.2) is 0 Å². The zero-order valence-electron chi connectivity index (χ0n) is 9.58. The fraction of sp³-hybridized carbons (Fsp3) is 0.429. The number of benzene rings is 1. The molecule has 0 bridgehead atoms. The second kappa shape index (κ2) is 3.63. The lowest BCUT2D eigenvalue weighted by Crippen LogP contribution is -2.50. The van der Waals surface area contributed by atoms with Gasteiger partial charge in [0.2, 0.25) is 0 Å². The maximum absolute atomic E-state index is 4.15. The zero-order valence-corrected chi connectivity index (χ0v) is 9.58. The molecule has 3 rings (SSSR count). The van der Waals surface area contributed by atoms with E-state index in [1.54, 1.807) is 0 Å². The summed E-state index contributed by atoms with van der Waals surface area (Å²) in [6.45, 7) is 7.23. The van der Waals surface area contributed by atoms with Crippen molar-refractivity contribution in [3.63, 3.8) is 0 Å². The summed E-state index contributed by atoms with van der Waals surface area (Å²) in [5.41, 5.74) is 3.03. The Kier molecular flexibility index (Phi) is 2.25. The minimum Gasteiger partial charge on any atom is -0.368 e. The smallest absolute Gasteiger partial charge is 0.0427 e. The molecule has 2 aliphatic rings. The molecule has 1 aliphatic carbocycles. The molecule has 16 heavy (non-hydrogen) atoms. The lowest BCUT2D eigenvalue weighted by atomic mass is 10.1. The average molecular weight is 214 g/mol. The highest BCUT2D eigenvalue weighted by atomic mass is 15.3. The van der Waals surface area contributed by atoms with Crippen LogP contribution < -0.4 is 5.32 Å². The minimum atomic E-state index is 0.427. The first-order chi connectivity index (χ1) is 7.77. The van der Waals surface area contributed by atoms with Gasteiger partial charge in [0.05, 0.1) is 0 Å². The predicted molar refractivity (Wildman–Crippen MR) is 66.0 cm³/mol. The summed E-state index contributed by atoms with van der Waals surface area (Å²) in [4.78, 5) is 2.43. The Morgan fingerprint density at radius 3 is 2.69 bits per heavy atom. The number of rotatable bonds is 2. The molecule has 1 aromatic carbocycles. The standard InChI is InChI=1S/C14H18N2/c1-12-9-15-14(7-8-14)11-16(12)10-13-5-3-2-4-6-13/h2-6,15H,1,7-11H2. The SMILES string of the molecule is C=C1CNC2(CC2)CN1Cc1ccccc1. The van der Waals surface area contributed by atoms with Gasteiger partial charge < -0.3 is 10.2 Å². The third-order valence-corrected chi connectivity index (χ3v) is 3.68. The minimum absolute atomic E-state index is 0.427. The van der Waals surface area contributed by atoms with Crippen molar-refractivity contribution in [2.24, 2.45) is 0 Å². The fourth-order valence-electron chi connectivity index (χ4n) is 2.39. The Morgan fingerprint density at radius 1 is 1.25 bits per heavy atom. The van der Waals surface area contributed by atoms with E-state index in [-0.39, 0.29) is 0 Å². The molecule has 2 heteroatoms. The van der Waals surface area contributed by atoms with E-state index in [1.165, 1.54) is 24.1 Å². The van der Waals surface area contributed by atoms with Crippen LogP contribution in [-0.4, -0.2) is 23.5 Å². The van der Waals surface area contributed by atoms with E-state index in [2.05, 4.69) is 47.1 Å². The van der Waals surface area contributed by atoms with E-state index in [4.69, 9.17) is 0 Å². The van der Waals surface area contributed by atoms with Crippen LogP contribution in [0.1, 0.15) is 18.4 Å². The van der Waals surface area contributed by atoms with Crippen molar-refractivity contribution in [2.45, 2.75) is 24.9 Å². The van der Waals surface area contributed by atoms with Crippen LogP contribution in [0, 0.1) is 0 Å². The number of nitrogens with one attached hydrogen (secondary N) is 1. The summed E-state index contributed by atoms with van der Waals surface area (Å²) in [6.07, 6.45) is 2.65. The highest BCUT2D eigenvalue weighted by molar-refractivity contribution is 5.19. The van der Waals surface area contributed by atoms with E-state index in [9.17, 15) is 0 Å². The van der Waals surface area contributed by atoms with Crippen LogP contribution >= 0.6 is 0 Å². The molecule has 84 valence electrons. The van der Waals surface area contributed by atoms with Crippen LogP contribution in [0.15, 0.2) is 42.6 Å². The third kappa shape index (κ3) is 1.85. The van der Waals surface area contributed by atoms with Gasteiger partial charge in [-0.05, 0) is 18.4 Å². The van der Waals surface area contributed by atoms with Gasteiger partial charge in [0.25, 0.3) is 0 Å². The maximum atomic E-state index is 4.15. The molecule has 1 saturated heterocycles. The van der Waals surface area contributed by atoms with Crippen LogP contribution in [0.3, 0.4) is 0 Å². The Labute approximate surface area is 97.0 Å². The highest BCUT2D eigenvalue weighted by Crippen LogP contribution is 2.39. The molecular formula is C14H18N2. The quantitative estimate of drug-likeness (QED) is 0.811. The van der Waals surface area contributed by atoms with Crippen LogP contribution in [0.4, 0.5) is 0 Å². The van der Waals surface area contributed by atoms with E-state index >= 15 is 0 Å². The molecule has 2 nitrogen and oxygen atoms in total. The zero-order chi connectivity index (χ0) is 11.0. The van der Waals surface area contributed by atoms with Crippen molar-refractivity contribution in [2.75, 3.05) is 13.1 Å². The molecule has 2 fully saturated rings. The van der Waals surface area contributed by atoms with Gasteiger partial charge in [-0.2, -0.15) is 0 Å². The molecule has 1 aliphatic heterocycles. The monoisotopic (exact) mass is 214 g/mol. The van der Waals surface area contributed by atoms with Crippen molar-refractivity contribution in [1.29, 1.82) is 0 Å². The summed E-state index contributed by atoms with van der Waals surface area (Å²) in [5, 5.41) is 3.59. The molecule has 0 aromatic heterocycles. The van der Waals surface area contributed by atoms with Crippen molar-refractivity contribution >= 4 is 0 Å². The molecule has 1 heterocycles. The molecule has 0 unspecified atom stereocenters. The second-order valence-electron chi connectivity index (χ2n) is 5.04. The van der Waals surface area contributed by atoms with Crippen molar-refractivity contribution in [1.82, 2.24) is 10.2 Å². The molecule has 0 atom stereocenters.